The zero-order chi connectivity index (χ0) is 54.0. The van der Waals surface area contributed by atoms with Crippen LogP contribution in [0.15, 0.2) is 182 Å². The van der Waals surface area contributed by atoms with Crippen molar-refractivity contribution in [2.45, 2.75) is 128 Å². The van der Waals surface area contributed by atoms with Crippen molar-refractivity contribution in [3.05, 3.63) is 249 Å². The van der Waals surface area contributed by atoms with Crippen molar-refractivity contribution in [2.75, 3.05) is 0 Å². The van der Waals surface area contributed by atoms with Crippen molar-refractivity contribution in [2.24, 2.45) is 0 Å². The topological polar surface area (TPSA) is 9.23 Å². The molecule has 0 fully saturated rings. The lowest BCUT2D eigenvalue weighted by Crippen LogP contribution is -2.15. The Kier molecular flexibility index (Phi) is 21.4. The fraction of sp³-hybridized carbons (Fsp3) is 0.260. The zero-order valence-corrected chi connectivity index (χ0v) is 47.2. The molecule has 2 aliphatic carbocycles. The molecule has 3 aliphatic rings. The van der Waals surface area contributed by atoms with E-state index in [-0.39, 0.29) is 5.41 Å². The molecule has 74 heavy (non-hydrogen) atoms. The maximum Gasteiger partial charge on any atom is 0.127 e. The van der Waals surface area contributed by atoms with Gasteiger partial charge in [-0.25, -0.2) is 0 Å². The quantitative estimate of drug-likeness (QED) is 0.160. The number of rotatable bonds is 4. The van der Waals surface area contributed by atoms with Crippen LogP contribution in [0.3, 0.4) is 0 Å². The van der Waals surface area contributed by atoms with Gasteiger partial charge in [0.15, 0.2) is 0 Å². The van der Waals surface area contributed by atoms with Crippen molar-refractivity contribution >= 4 is 5.57 Å². The van der Waals surface area contributed by atoms with E-state index < -0.39 is 0 Å². The molecule has 0 radical (unpaired) electrons. The Hall–Kier alpha value is -7.40. The molecular weight excluding hydrogens is 893 g/mol. The molecule has 11 rings (SSSR count). The molecule has 380 valence electrons. The molecule has 8 aromatic carbocycles. The van der Waals surface area contributed by atoms with Gasteiger partial charge >= 0.3 is 0 Å². The summed E-state index contributed by atoms with van der Waals surface area (Å²) in [5, 5.41) is 0. The second kappa shape index (κ2) is 27.6. The Morgan fingerprint density at radius 1 is 0.446 bits per heavy atom. The Balaban J connectivity index is 0.000000186. The summed E-state index contributed by atoms with van der Waals surface area (Å²) in [5.41, 5.74) is 28.2. The first-order valence-electron chi connectivity index (χ1n) is 26.9. The Morgan fingerprint density at radius 3 is 1.72 bits per heavy atom. The Bertz CT molecular complexity index is 3170. The normalized spacial score (nSPS) is 12.4. The van der Waals surface area contributed by atoms with Crippen LogP contribution in [0.25, 0.3) is 50.1 Å². The highest BCUT2D eigenvalue weighted by atomic mass is 16.5. The van der Waals surface area contributed by atoms with Crippen LogP contribution in [-0.4, -0.2) is 0 Å². The molecule has 0 amide bonds. The minimum absolute atomic E-state index is 0.102. The molecular formula is C73H82O. The molecule has 0 atom stereocenters. The molecule has 1 nitrogen and oxygen atoms in total. The SMILES string of the molecule is C#C.CC.CC.CCc1ccc2c(c1)C(C)(C)c1ccc(C3=CCCC=C3)cc1-2.Cc1ccc(-c2ccccc2)cc1.Cc1ccc(C)c(C)c1.Cc1ccc2c(c1)COc1cc(C)c(-c3ccccc3C)cc1-2. The molecule has 0 aromatic heterocycles. The van der Waals surface area contributed by atoms with E-state index in [0.29, 0.717) is 6.61 Å². The van der Waals surface area contributed by atoms with E-state index in [1.807, 2.05) is 33.8 Å². The molecule has 0 unspecified atom stereocenters. The van der Waals surface area contributed by atoms with Crippen LogP contribution in [0.5, 0.6) is 5.75 Å². The summed E-state index contributed by atoms with van der Waals surface area (Å²) in [6.45, 7) is 30.6. The number of aryl methyl sites for hydroxylation is 8. The standard InChI is InChI=1S/C23H24.C22H20O.C13H12.C9H12.2C2H6.C2H2/c1-4-16-10-12-19-20-15-18(17-8-6-5-7-9-17)11-13-21(20)23(2,3)22(19)14-16;1-14-8-9-19-17(10-14)13-23-22-11-16(3)20(12-21(19)22)18-7-5-4-6-15(18)2;1-11-7-9-13(10-8-11)12-5-3-2-4-6-12;1-7-4-5-8(2)9(3)6-7;3*1-2/h6,8-15H,4-5,7H2,1-3H3;4-12H,13H2,1-3H3;2-10H,1H3;4-6H,1-3H3;2*1-2H3;1-2H. The first-order chi connectivity index (χ1) is 35.8. The number of allylic oxidation sites excluding steroid dienone is 4. The molecule has 0 N–H and O–H groups in total. The van der Waals surface area contributed by atoms with Crippen LogP contribution in [-0.2, 0) is 18.4 Å². The number of hydrogen-bond acceptors (Lipinski definition) is 1. The van der Waals surface area contributed by atoms with Crippen LogP contribution in [0.4, 0.5) is 0 Å². The molecule has 0 saturated carbocycles. The van der Waals surface area contributed by atoms with Crippen molar-refractivity contribution in [1.29, 1.82) is 0 Å². The predicted octanol–water partition coefficient (Wildman–Crippen LogP) is 20.7. The Morgan fingerprint density at radius 2 is 1.07 bits per heavy atom. The van der Waals surface area contributed by atoms with E-state index in [2.05, 4.69) is 258 Å². The molecule has 0 saturated heterocycles. The van der Waals surface area contributed by atoms with Gasteiger partial charge in [0.2, 0.25) is 0 Å². The first kappa shape index (κ1) is 57.5. The van der Waals surface area contributed by atoms with Gasteiger partial charge in [-0.05, 0) is 181 Å². The number of benzene rings is 8. The monoisotopic (exact) mass is 975 g/mol. The minimum Gasteiger partial charge on any atom is -0.488 e. The van der Waals surface area contributed by atoms with Crippen LogP contribution >= 0.6 is 0 Å². The van der Waals surface area contributed by atoms with Crippen molar-refractivity contribution < 1.29 is 4.74 Å². The Labute approximate surface area is 448 Å². The van der Waals surface area contributed by atoms with E-state index in [4.69, 9.17) is 4.74 Å². The van der Waals surface area contributed by atoms with Gasteiger partial charge < -0.3 is 4.74 Å². The average molecular weight is 975 g/mol. The molecule has 0 spiro atoms. The van der Waals surface area contributed by atoms with E-state index >= 15 is 0 Å². The van der Waals surface area contributed by atoms with Gasteiger partial charge in [0.25, 0.3) is 0 Å². The highest BCUT2D eigenvalue weighted by molar-refractivity contribution is 5.86. The highest BCUT2D eigenvalue weighted by Gasteiger charge is 2.35. The van der Waals surface area contributed by atoms with E-state index in [0.717, 1.165) is 18.6 Å². The lowest BCUT2D eigenvalue weighted by molar-refractivity contribution is 0.302. The summed E-state index contributed by atoms with van der Waals surface area (Å²) >= 11 is 0. The predicted molar refractivity (Wildman–Crippen MR) is 325 cm³/mol. The van der Waals surface area contributed by atoms with Crippen LogP contribution in [0.1, 0.15) is 128 Å². The number of hydrogen-bond donors (Lipinski definition) is 0. The summed E-state index contributed by atoms with van der Waals surface area (Å²) in [4.78, 5) is 0. The third kappa shape index (κ3) is 14.0. The molecule has 1 aliphatic heterocycles. The van der Waals surface area contributed by atoms with Crippen molar-refractivity contribution in [1.82, 2.24) is 0 Å². The van der Waals surface area contributed by atoms with Gasteiger partial charge in [-0.2, -0.15) is 0 Å². The van der Waals surface area contributed by atoms with E-state index in [1.54, 1.807) is 0 Å². The highest BCUT2D eigenvalue weighted by Crippen LogP contribution is 2.50. The summed E-state index contributed by atoms with van der Waals surface area (Å²) < 4.78 is 6.01. The van der Waals surface area contributed by atoms with Crippen LogP contribution < -0.4 is 4.74 Å². The third-order valence-electron chi connectivity index (χ3n) is 14.0. The second-order valence-corrected chi connectivity index (χ2v) is 19.5. The fourth-order valence-corrected chi connectivity index (χ4v) is 9.73. The van der Waals surface area contributed by atoms with E-state index in [1.165, 1.54) is 123 Å². The van der Waals surface area contributed by atoms with Gasteiger partial charge in [0, 0.05) is 11.0 Å². The van der Waals surface area contributed by atoms with Crippen LogP contribution in [0.2, 0.25) is 0 Å². The minimum atomic E-state index is 0.102. The zero-order valence-electron chi connectivity index (χ0n) is 47.2. The van der Waals surface area contributed by atoms with Crippen molar-refractivity contribution in [3.63, 3.8) is 0 Å². The van der Waals surface area contributed by atoms with Gasteiger partial charge in [0.05, 0.1) is 0 Å². The van der Waals surface area contributed by atoms with Gasteiger partial charge in [-0.3, -0.25) is 0 Å². The smallest absolute Gasteiger partial charge is 0.127 e. The van der Waals surface area contributed by atoms with Crippen LogP contribution in [0, 0.1) is 61.3 Å². The van der Waals surface area contributed by atoms with Crippen molar-refractivity contribution in [3.8, 4) is 63.1 Å². The molecule has 8 aromatic rings. The maximum atomic E-state index is 6.01. The van der Waals surface area contributed by atoms with E-state index in [9.17, 15) is 0 Å². The number of ether oxygens (including phenoxy) is 1. The lowest BCUT2D eigenvalue weighted by Gasteiger charge is -2.23. The number of fused-ring (bicyclic) bond motifs is 6. The second-order valence-electron chi connectivity index (χ2n) is 19.5. The fourth-order valence-electron chi connectivity index (χ4n) is 9.73. The summed E-state index contributed by atoms with van der Waals surface area (Å²) in [5.74, 6) is 0.996. The average Bonchev–Trinajstić information content (AvgIpc) is 3.66. The van der Waals surface area contributed by atoms with Gasteiger partial charge in [-0.15, -0.1) is 12.8 Å². The first-order valence-corrected chi connectivity index (χ1v) is 26.9. The molecule has 1 heterocycles. The number of terminal acetylenes is 1. The molecule has 0 bridgehead atoms. The largest absolute Gasteiger partial charge is 0.488 e. The summed E-state index contributed by atoms with van der Waals surface area (Å²) in [6, 6.07) is 59.3. The van der Waals surface area contributed by atoms with Gasteiger partial charge in [-0.1, -0.05) is 229 Å². The molecule has 1 heteroatoms. The van der Waals surface area contributed by atoms with Gasteiger partial charge in [0.1, 0.15) is 12.4 Å². The summed E-state index contributed by atoms with van der Waals surface area (Å²) in [6.07, 6.45) is 18.3. The third-order valence-corrected chi connectivity index (χ3v) is 14.0. The lowest BCUT2D eigenvalue weighted by atomic mass is 9.81. The summed E-state index contributed by atoms with van der Waals surface area (Å²) in [7, 11) is 0. The maximum absolute atomic E-state index is 6.01.